The number of hydrogen-bond donors (Lipinski definition) is 1. The van der Waals surface area contributed by atoms with Crippen LogP contribution in [-0.2, 0) is 6.54 Å². The van der Waals surface area contributed by atoms with Crippen molar-refractivity contribution in [2.75, 3.05) is 19.7 Å². The number of aliphatic hydroxyl groups is 1. The Kier molecular flexibility index (Phi) is 4.73. The highest BCUT2D eigenvalue weighted by Crippen LogP contribution is 2.33. The van der Waals surface area contributed by atoms with Crippen LogP contribution in [0.5, 0.6) is 0 Å². The van der Waals surface area contributed by atoms with Crippen molar-refractivity contribution in [1.29, 1.82) is 0 Å². The number of hydrogen-bond acceptors (Lipinski definition) is 6. The van der Waals surface area contributed by atoms with E-state index in [0.717, 1.165) is 17.7 Å². The Bertz CT molecular complexity index is 853. The summed E-state index contributed by atoms with van der Waals surface area (Å²) < 4.78 is 18.5. The number of pyridine rings is 1. The Balaban J connectivity index is 1.49. The Morgan fingerprint density at radius 2 is 1.88 bits per heavy atom. The standard InChI is InChI=1S/C19H19FN4O2/c20-16-3-1-13(2-4-16)9-24-10-15(12-25)17(11-24)19-22-18(23-26-19)14-5-7-21-8-6-14/h1-8,15,17,25H,9-12H2/t15-,17+/m0/s1. The van der Waals surface area contributed by atoms with E-state index in [0.29, 0.717) is 24.8 Å². The highest BCUT2D eigenvalue weighted by Gasteiger charge is 2.37. The van der Waals surface area contributed by atoms with Crippen LogP contribution < -0.4 is 0 Å². The Morgan fingerprint density at radius 1 is 1.12 bits per heavy atom. The zero-order valence-corrected chi connectivity index (χ0v) is 14.1. The van der Waals surface area contributed by atoms with Crippen LogP contribution >= 0.6 is 0 Å². The van der Waals surface area contributed by atoms with Crippen LogP contribution in [0.15, 0.2) is 53.3 Å². The van der Waals surface area contributed by atoms with E-state index in [2.05, 4.69) is 20.0 Å². The van der Waals surface area contributed by atoms with Crippen molar-refractivity contribution in [2.24, 2.45) is 5.92 Å². The van der Waals surface area contributed by atoms with Gasteiger partial charge in [0.05, 0.1) is 5.92 Å². The molecule has 1 N–H and O–H groups in total. The molecule has 4 rings (SSSR count). The molecular formula is C19H19FN4O2. The van der Waals surface area contributed by atoms with E-state index in [1.54, 1.807) is 24.5 Å². The third-order valence-electron chi connectivity index (χ3n) is 4.77. The molecule has 1 aliphatic heterocycles. The summed E-state index contributed by atoms with van der Waals surface area (Å²) in [6.07, 6.45) is 3.36. The molecule has 1 saturated heterocycles. The minimum absolute atomic E-state index is 0.0245. The predicted octanol–water partition coefficient (Wildman–Crippen LogP) is 2.48. The van der Waals surface area contributed by atoms with Crippen LogP contribution in [-0.4, -0.2) is 44.8 Å². The van der Waals surface area contributed by atoms with Crippen molar-refractivity contribution < 1.29 is 14.0 Å². The van der Waals surface area contributed by atoms with Gasteiger partial charge in [-0.3, -0.25) is 9.88 Å². The van der Waals surface area contributed by atoms with Crippen molar-refractivity contribution in [1.82, 2.24) is 20.0 Å². The summed E-state index contributed by atoms with van der Waals surface area (Å²) in [7, 11) is 0. The van der Waals surface area contributed by atoms with E-state index >= 15 is 0 Å². The van der Waals surface area contributed by atoms with E-state index in [1.165, 1.54) is 12.1 Å². The Hall–Kier alpha value is -2.64. The first-order chi connectivity index (χ1) is 12.7. The largest absolute Gasteiger partial charge is 0.396 e. The number of nitrogens with zero attached hydrogens (tertiary/aromatic N) is 4. The van der Waals surface area contributed by atoms with Gasteiger partial charge in [0.1, 0.15) is 5.82 Å². The number of rotatable bonds is 5. The fourth-order valence-corrected chi connectivity index (χ4v) is 3.41. The van der Waals surface area contributed by atoms with Crippen LogP contribution in [0.3, 0.4) is 0 Å². The molecule has 0 unspecified atom stereocenters. The number of aromatic nitrogens is 3. The van der Waals surface area contributed by atoms with Crippen LogP contribution in [0.2, 0.25) is 0 Å². The lowest BCUT2D eigenvalue weighted by atomic mass is 9.97. The molecular weight excluding hydrogens is 335 g/mol. The van der Waals surface area contributed by atoms with Gasteiger partial charge in [-0.25, -0.2) is 4.39 Å². The Labute approximate surface area is 150 Å². The first-order valence-corrected chi connectivity index (χ1v) is 8.54. The van der Waals surface area contributed by atoms with E-state index < -0.39 is 0 Å². The summed E-state index contributed by atoms with van der Waals surface area (Å²) in [6.45, 7) is 2.18. The minimum atomic E-state index is -0.240. The molecule has 3 heterocycles. The molecule has 1 aromatic carbocycles. The number of aliphatic hydroxyl groups excluding tert-OH is 1. The average Bonchev–Trinajstić information content (AvgIpc) is 3.31. The second-order valence-corrected chi connectivity index (χ2v) is 6.56. The van der Waals surface area contributed by atoms with E-state index in [9.17, 15) is 9.50 Å². The van der Waals surface area contributed by atoms with Crippen LogP contribution in [0, 0.1) is 11.7 Å². The summed E-state index contributed by atoms with van der Waals surface area (Å²) in [5, 5.41) is 13.8. The predicted molar refractivity (Wildman–Crippen MR) is 92.5 cm³/mol. The zero-order valence-electron chi connectivity index (χ0n) is 14.1. The summed E-state index contributed by atoms with van der Waals surface area (Å²) in [5.74, 6) is 0.828. The topological polar surface area (TPSA) is 75.3 Å². The number of halogens is 1. The van der Waals surface area contributed by atoms with Crippen LogP contribution in [0.1, 0.15) is 17.4 Å². The second kappa shape index (κ2) is 7.31. The molecule has 0 aliphatic carbocycles. The van der Waals surface area contributed by atoms with Gasteiger partial charge in [-0.2, -0.15) is 4.98 Å². The van der Waals surface area contributed by atoms with Gasteiger partial charge in [-0.05, 0) is 29.8 Å². The summed E-state index contributed by atoms with van der Waals surface area (Å²) in [4.78, 5) is 10.7. The molecule has 0 amide bonds. The third kappa shape index (κ3) is 3.49. The van der Waals surface area contributed by atoms with Crippen molar-refractivity contribution in [3.05, 3.63) is 66.1 Å². The fourth-order valence-electron chi connectivity index (χ4n) is 3.41. The van der Waals surface area contributed by atoms with E-state index in [1.807, 2.05) is 12.1 Å². The minimum Gasteiger partial charge on any atom is -0.396 e. The van der Waals surface area contributed by atoms with Gasteiger partial charge in [0.2, 0.25) is 11.7 Å². The van der Waals surface area contributed by atoms with Crippen molar-refractivity contribution in [3.63, 3.8) is 0 Å². The van der Waals surface area contributed by atoms with Crippen molar-refractivity contribution >= 4 is 0 Å². The highest BCUT2D eigenvalue weighted by atomic mass is 19.1. The molecule has 0 radical (unpaired) electrons. The molecule has 0 bridgehead atoms. The quantitative estimate of drug-likeness (QED) is 0.759. The molecule has 134 valence electrons. The first-order valence-electron chi connectivity index (χ1n) is 8.54. The zero-order chi connectivity index (χ0) is 17.9. The molecule has 2 aromatic heterocycles. The van der Waals surface area contributed by atoms with E-state index in [4.69, 9.17) is 4.52 Å². The fraction of sp³-hybridized carbons (Fsp3) is 0.316. The number of benzene rings is 1. The molecule has 3 aromatic rings. The maximum absolute atomic E-state index is 13.1. The molecule has 6 nitrogen and oxygen atoms in total. The van der Waals surface area contributed by atoms with E-state index in [-0.39, 0.29) is 24.3 Å². The summed E-state index contributed by atoms with van der Waals surface area (Å²) in [5.41, 5.74) is 1.88. The highest BCUT2D eigenvalue weighted by molar-refractivity contribution is 5.52. The molecule has 2 atom stereocenters. The molecule has 0 saturated carbocycles. The van der Waals surface area contributed by atoms with Crippen molar-refractivity contribution in [2.45, 2.75) is 12.5 Å². The maximum atomic E-state index is 13.1. The van der Waals surface area contributed by atoms with Gasteiger partial charge in [-0.15, -0.1) is 0 Å². The molecule has 7 heteroatoms. The maximum Gasteiger partial charge on any atom is 0.231 e. The van der Waals surface area contributed by atoms with Crippen LogP contribution in [0.25, 0.3) is 11.4 Å². The lowest BCUT2D eigenvalue weighted by Gasteiger charge is -2.15. The monoisotopic (exact) mass is 354 g/mol. The lowest BCUT2D eigenvalue weighted by Crippen LogP contribution is -2.20. The van der Waals surface area contributed by atoms with Crippen LogP contribution in [0.4, 0.5) is 4.39 Å². The number of likely N-dealkylation sites (tertiary alicyclic amines) is 1. The SMILES string of the molecule is OC[C@@H]1CN(Cc2ccc(F)cc2)C[C@H]1c1nc(-c2ccncc2)no1. The summed E-state index contributed by atoms with van der Waals surface area (Å²) in [6, 6.07) is 10.1. The first kappa shape index (κ1) is 16.8. The van der Waals surface area contributed by atoms with Gasteiger partial charge in [0, 0.05) is 50.1 Å². The van der Waals surface area contributed by atoms with Gasteiger partial charge < -0.3 is 9.63 Å². The lowest BCUT2D eigenvalue weighted by molar-refractivity contribution is 0.205. The van der Waals surface area contributed by atoms with Gasteiger partial charge in [0.15, 0.2) is 0 Å². The Morgan fingerprint density at radius 3 is 2.62 bits per heavy atom. The molecule has 1 fully saturated rings. The molecule has 0 spiro atoms. The average molecular weight is 354 g/mol. The molecule has 26 heavy (non-hydrogen) atoms. The third-order valence-corrected chi connectivity index (χ3v) is 4.77. The second-order valence-electron chi connectivity index (χ2n) is 6.56. The van der Waals surface area contributed by atoms with Crippen molar-refractivity contribution in [3.8, 4) is 11.4 Å². The van der Waals surface area contributed by atoms with Gasteiger partial charge in [-0.1, -0.05) is 17.3 Å². The smallest absolute Gasteiger partial charge is 0.231 e. The van der Waals surface area contributed by atoms with Gasteiger partial charge in [0.25, 0.3) is 0 Å². The van der Waals surface area contributed by atoms with Gasteiger partial charge >= 0.3 is 0 Å². The normalized spacial score (nSPS) is 20.5. The summed E-state index contributed by atoms with van der Waals surface area (Å²) >= 11 is 0. The molecule has 1 aliphatic rings.